The highest BCUT2D eigenvalue weighted by molar-refractivity contribution is 5.73. The van der Waals surface area contributed by atoms with Crippen molar-refractivity contribution >= 4 is 5.69 Å². The molecule has 0 atom stereocenters. The van der Waals surface area contributed by atoms with Gasteiger partial charge in [0.2, 0.25) is 0 Å². The van der Waals surface area contributed by atoms with Gasteiger partial charge >= 0.3 is 0 Å². The summed E-state index contributed by atoms with van der Waals surface area (Å²) in [4.78, 5) is 4.51. The monoisotopic (exact) mass is 243 g/mol. The third kappa shape index (κ3) is 1.88. The number of nitrogen functional groups attached to an aromatic ring is 1. The Hall–Kier alpha value is -1.84. The van der Waals surface area contributed by atoms with Gasteiger partial charge in [-0.05, 0) is 31.4 Å². The smallest absolute Gasteiger partial charge is 0.260 e. The van der Waals surface area contributed by atoms with E-state index in [0.717, 1.165) is 22.6 Å². The number of para-hydroxylation sites is 1. The molecule has 2 aromatic rings. The van der Waals surface area contributed by atoms with Gasteiger partial charge in [-0.2, -0.15) is 4.98 Å². The van der Waals surface area contributed by atoms with Gasteiger partial charge in [0, 0.05) is 11.6 Å². The molecule has 0 unspecified atom stereocenters. The van der Waals surface area contributed by atoms with Crippen molar-refractivity contribution in [3.63, 3.8) is 0 Å². The van der Waals surface area contributed by atoms with Crippen molar-refractivity contribution in [2.45, 2.75) is 38.5 Å². The lowest BCUT2D eigenvalue weighted by Crippen LogP contribution is -1.96. The van der Waals surface area contributed by atoms with E-state index in [1.165, 1.54) is 25.7 Å². The second-order valence-electron chi connectivity index (χ2n) is 4.98. The van der Waals surface area contributed by atoms with Crippen molar-refractivity contribution in [1.82, 2.24) is 10.1 Å². The molecule has 1 aromatic carbocycles. The molecule has 4 heteroatoms. The molecular formula is C14H17N3O. The highest BCUT2D eigenvalue weighted by atomic mass is 16.5. The molecule has 1 aliphatic carbocycles. The number of hydrogen-bond acceptors (Lipinski definition) is 4. The van der Waals surface area contributed by atoms with Crippen molar-refractivity contribution in [3.8, 4) is 11.5 Å². The second kappa shape index (κ2) is 4.44. The molecule has 4 nitrogen and oxygen atoms in total. The maximum Gasteiger partial charge on any atom is 0.260 e. The fourth-order valence-corrected chi connectivity index (χ4v) is 2.56. The largest absolute Gasteiger partial charge is 0.398 e. The van der Waals surface area contributed by atoms with E-state index < -0.39 is 0 Å². The van der Waals surface area contributed by atoms with Crippen molar-refractivity contribution in [2.24, 2.45) is 0 Å². The van der Waals surface area contributed by atoms with Gasteiger partial charge in [-0.15, -0.1) is 0 Å². The first kappa shape index (κ1) is 11.3. The van der Waals surface area contributed by atoms with Gasteiger partial charge in [0.25, 0.3) is 5.89 Å². The molecule has 1 fully saturated rings. The molecule has 1 saturated carbocycles. The Morgan fingerprint density at radius 1 is 1.28 bits per heavy atom. The standard InChI is InChI=1S/C14H17N3O/c1-9-5-4-8-11(12(9)15)14-16-13(17-18-14)10-6-2-3-7-10/h4-5,8,10H,2-3,6-7,15H2,1H3. The summed E-state index contributed by atoms with van der Waals surface area (Å²) in [5.74, 6) is 1.84. The molecule has 0 bridgehead atoms. The van der Waals surface area contributed by atoms with E-state index >= 15 is 0 Å². The van der Waals surface area contributed by atoms with Crippen LogP contribution in [0.2, 0.25) is 0 Å². The van der Waals surface area contributed by atoms with Crippen molar-refractivity contribution in [2.75, 3.05) is 5.73 Å². The molecular weight excluding hydrogens is 226 g/mol. The minimum Gasteiger partial charge on any atom is -0.398 e. The van der Waals surface area contributed by atoms with Crippen LogP contribution in [0.1, 0.15) is 43.0 Å². The highest BCUT2D eigenvalue weighted by Gasteiger charge is 2.23. The lowest BCUT2D eigenvalue weighted by molar-refractivity contribution is 0.416. The van der Waals surface area contributed by atoms with Gasteiger partial charge in [-0.25, -0.2) is 0 Å². The summed E-state index contributed by atoms with van der Waals surface area (Å²) in [6, 6.07) is 5.86. The van der Waals surface area contributed by atoms with E-state index in [2.05, 4.69) is 10.1 Å². The van der Waals surface area contributed by atoms with Crippen LogP contribution in [0.3, 0.4) is 0 Å². The number of hydrogen-bond donors (Lipinski definition) is 1. The Morgan fingerprint density at radius 2 is 2.06 bits per heavy atom. The third-order valence-electron chi connectivity index (χ3n) is 3.72. The molecule has 1 aromatic heterocycles. The van der Waals surface area contributed by atoms with Gasteiger partial charge in [0.15, 0.2) is 5.82 Å². The van der Waals surface area contributed by atoms with Gasteiger partial charge < -0.3 is 10.3 Å². The molecule has 94 valence electrons. The Labute approximate surface area is 106 Å². The molecule has 0 amide bonds. The maximum absolute atomic E-state index is 6.05. The van der Waals surface area contributed by atoms with Gasteiger partial charge in [-0.3, -0.25) is 0 Å². The van der Waals surface area contributed by atoms with Gasteiger partial charge in [0.1, 0.15) is 0 Å². The van der Waals surface area contributed by atoms with Crippen LogP contribution in [0.25, 0.3) is 11.5 Å². The Balaban J connectivity index is 1.95. The first-order valence-electron chi connectivity index (χ1n) is 6.45. The SMILES string of the molecule is Cc1cccc(-c2nc(C3CCCC3)no2)c1N. The third-order valence-corrected chi connectivity index (χ3v) is 3.72. The molecule has 0 aliphatic heterocycles. The first-order valence-corrected chi connectivity index (χ1v) is 6.45. The number of rotatable bonds is 2. The summed E-state index contributed by atoms with van der Waals surface area (Å²) in [5.41, 5.74) is 8.65. The lowest BCUT2D eigenvalue weighted by Gasteiger charge is -2.03. The van der Waals surface area contributed by atoms with Crippen LogP contribution in [0, 0.1) is 6.92 Å². The summed E-state index contributed by atoms with van der Waals surface area (Å²) in [6.45, 7) is 1.98. The molecule has 0 spiro atoms. The van der Waals surface area contributed by atoms with E-state index in [0.29, 0.717) is 11.8 Å². The summed E-state index contributed by atoms with van der Waals surface area (Å²) >= 11 is 0. The van der Waals surface area contributed by atoms with E-state index in [4.69, 9.17) is 10.3 Å². The normalized spacial score (nSPS) is 16.3. The summed E-state index contributed by atoms with van der Waals surface area (Å²) < 4.78 is 5.36. The Morgan fingerprint density at radius 3 is 2.83 bits per heavy atom. The van der Waals surface area contributed by atoms with Crippen molar-refractivity contribution < 1.29 is 4.52 Å². The maximum atomic E-state index is 6.05. The quantitative estimate of drug-likeness (QED) is 0.822. The van der Waals surface area contributed by atoms with Crippen LogP contribution in [-0.2, 0) is 0 Å². The average Bonchev–Trinajstić information content (AvgIpc) is 3.01. The van der Waals surface area contributed by atoms with Crippen molar-refractivity contribution in [1.29, 1.82) is 0 Å². The summed E-state index contributed by atoms with van der Waals surface area (Å²) in [6.07, 6.45) is 4.87. The zero-order valence-corrected chi connectivity index (χ0v) is 10.5. The summed E-state index contributed by atoms with van der Waals surface area (Å²) in [7, 11) is 0. The van der Waals surface area contributed by atoms with Crippen LogP contribution >= 0.6 is 0 Å². The first-order chi connectivity index (χ1) is 8.75. The predicted molar refractivity (Wildman–Crippen MR) is 70.1 cm³/mol. The van der Waals surface area contributed by atoms with E-state index in [9.17, 15) is 0 Å². The van der Waals surface area contributed by atoms with E-state index in [-0.39, 0.29) is 0 Å². The lowest BCUT2D eigenvalue weighted by atomic mass is 10.1. The van der Waals surface area contributed by atoms with E-state index in [1.807, 2.05) is 25.1 Å². The molecule has 18 heavy (non-hydrogen) atoms. The van der Waals surface area contributed by atoms with Crippen LogP contribution in [-0.4, -0.2) is 10.1 Å². The topological polar surface area (TPSA) is 64.9 Å². The zero-order chi connectivity index (χ0) is 12.5. The van der Waals surface area contributed by atoms with Crippen LogP contribution < -0.4 is 5.73 Å². The van der Waals surface area contributed by atoms with Crippen molar-refractivity contribution in [3.05, 3.63) is 29.6 Å². The minimum absolute atomic E-state index is 0.466. The van der Waals surface area contributed by atoms with Gasteiger partial charge in [-0.1, -0.05) is 30.1 Å². The minimum atomic E-state index is 0.466. The number of benzene rings is 1. The Bertz CT molecular complexity index is 556. The number of aryl methyl sites for hydroxylation is 1. The molecule has 1 heterocycles. The second-order valence-corrected chi connectivity index (χ2v) is 4.98. The Kier molecular flexibility index (Phi) is 2.78. The fraction of sp³-hybridized carbons (Fsp3) is 0.429. The summed E-state index contributed by atoms with van der Waals surface area (Å²) in [5, 5.41) is 4.10. The molecule has 3 rings (SSSR count). The van der Waals surface area contributed by atoms with Gasteiger partial charge in [0.05, 0.1) is 5.56 Å². The molecule has 0 radical (unpaired) electrons. The van der Waals surface area contributed by atoms with Crippen LogP contribution in [0.15, 0.2) is 22.7 Å². The fourth-order valence-electron chi connectivity index (χ4n) is 2.56. The highest BCUT2D eigenvalue weighted by Crippen LogP contribution is 2.34. The number of nitrogens with two attached hydrogens (primary N) is 1. The molecule has 2 N–H and O–H groups in total. The zero-order valence-electron chi connectivity index (χ0n) is 10.5. The van der Waals surface area contributed by atoms with E-state index in [1.54, 1.807) is 0 Å². The molecule has 0 saturated heterocycles. The molecule has 1 aliphatic rings. The number of anilines is 1. The van der Waals surface area contributed by atoms with Crippen LogP contribution in [0.4, 0.5) is 5.69 Å². The predicted octanol–water partition coefficient (Wildman–Crippen LogP) is 3.28. The number of nitrogens with zero attached hydrogens (tertiary/aromatic N) is 2. The van der Waals surface area contributed by atoms with Crippen LogP contribution in [0.5, 0.6) is 0 Å². The number of aromatic nitrogens is 2. The average molecular weight is 243 g/mol.